The maximum atomic E-state index is 13.5. The molecule has 1 atom stereocenters. The third kappa shape index (κ3) is 6.29. The zero-order valence-electron chi connectivity index (χ0n) is 21.3. The van der Waals surface area contributed by atoms with E-state index in [-0.39, 0.29) is 23.6 Å². The Labute approximate surface area is 215 Å². The second kappa shape index (κ2) is 12.6. The Kier molecular flexibility index (Phi) is 10.4. The van der Waals surface area contributed by atoms with Gasteiger partial charge in [-0.05, 0) is 0 Å². The summed E-state index contributed by atoms with van der Waals surface area (Å²) in [5, 5.41) is 9.50. The minimum atomic E-state index is -2.46. The number of hydrogen-bond donors (Lipinski definition) is 2. The Bertz CT molecular complexity index is 1090. The van der Waals surface area contributed by atoms with Crippen molar-refractivity contribution < 1.29 is 28.7 Å². The van der Waals surface area contributed by atoms with Crippen molar-refractivity contribution in [3.63, 3.8) is 0 Å². The van der Waals surface area contributed by atoms with E-state index in [0.717, 1.165) is 23.5 Å². The number of methoxy groups -OCH3 is 2. The summed E-state index contributed by atoms with van der Waals surface area (Å²) in [6.07, 6.45) is 2.30. The van der Waals surface area contributed by atoms with Gasteiger partial charge < -0.3 is 0 Å². The number of aryl methyl sites for hydroxylation is 2. The molecule has 0 bridgehead atoms. The molecule has 0 aromatic carbocycles. The summed E-state index contributed by atoms with van der Waals surface area (Å²) in [7, 11) is 0.159. The Morgan fingerprint density at radius 2 is 1.31 bits per heavy atom. The number of hydrogen-bond acceptors (Lipinski definition) is 8. The molecule has 2 N–H and O–H groups in total. The standard InChI is InChI=1S/C24H35N2O6PS2/c1-8-16(22(28)26-19-15(5)13-35-21(19)24(30)32-7)33(9-2,10-3)11-17(27)25-18-14(4)12-34-20(18)23(29)31-6/h12-13,16,33H,8-11H2,1-7H3,(H,25,27)(H,26,28). The van der Waals surface area contributed by atoms with Gasteiger partial charge in [0.05, 0.1) is 0 Å². The number of esters is 2. The molecule has 2 heterocycles. The molecule has 194 valence electrons. The average molecular weight is 543 g/mol. The number of carbonyl (C=O) groups is 4. The molecule has 2 aromatic rings. The predicted molar refractivity (Wildman–Crippen MR) is 146 cm³/mol. The van der Waals surface area contributed by atoms with Crippen molar-refractivity contribution >= 4 is 65.1 Å². The van der Waals surface area contributed by atoms with Crippen molar-refractivity contribution in [2.24, 2.45) is 0 Å². The van der Waals surface area contributed by atoms with E-state index in [1.165, 1.54) is 36.9 Å². The van der Waals surface area contributed by atoms with Crippen molar-refractivity contribution in [1.82, 2.24) is 0 Å². The van der Waals surface area contributed by atoms with Gasteiger partial charge in [0, 0.05) is 0 Å². The molecule has 35 heavy (non-hydrogen) atoms. The molecule has 0 saturated carbocycles. The second-order valence-corrected chi connectivity index (χ2v) is 15.4. The molecule has 2 aromatic heterocycles. The first kappa shape index (κ1) is 28.9. The van der Waals surface area contributed by atoms with Crippen molar-refractivity contribution in [2.45, 2.75) is 46.7 Å². The van der Waals surface area contributed by atoms with Crippen LogP contribution in [0.3, 0.4) is 0 Å². The quantitative estimate of drug-likeness (QED) is 0.300. The molecular weight excluding hydrogens is 507 g/mol. The number of ether oxygens (including phenoxy) is 2. The molecule has 0 fully saturated rings. The normalized spacial score (nSPS) is 12.5. The molecule has 0 aliphatic heterocycles. The number of amides is 2. The minimum absolute atomic E-state index is 0.177. The summed E-state index contributed by atoms with van der Waals surface area (Å²) >= 11 is 2.46. The predicted octanol–water partition coefficient (Wildman–Crippen LogP) is 5.15. The van der Waals surface area contributed by atoms with E-state index in [2.05, 4.69) is 10.6 Å². The second-order valence-electron chi connectivity index (χ2n) is 8.47. The van der Waals surface area contributed by atoms with Gasteiger partial charge in [0.2, 0.25) is 0 Å². The van der Waals surface area contributed by atoms with Gasteiger partial charge in [0.1, 0.15) is 0 Å². The molecule has 2 rings (SSSR count). The topological polar surface area (TPSA) is 111 Å². The zero-order chi connectivity index (χ0) is 26.3. The van der Waals surface area contributed by atoms with E-state index in [4.69, 9.17) is 9.47 Å². The number of carbonyl (C=O) groups excluding carboxylic acids is 4. The van der Waals surface area contributed by atoms with Crippen LogP contribution in [0, 0.1) is 13.8 Å². The van der Waals surface area contributed by atoms with E-state index in [1.54, 1.807) is 5.38 Å². The van der Waals surface area contributed by atoms with Gasteiger partial charge >= 0.3 is 215 Å². The first-order chi connectivity index (χ1) is 16.6. The van der Waals surface area contributed by atoms with Crippen molar-refractivity contribution in [3.8, 4) is 0 Å². The molecule has 8 nitrogen and oxygen atoms in total. The Hall–Kier alpha value is -2.29. The Balaban J connectivity index is 2.30. The summed E-state index contributed by atoms with van der Waals surface area (Å²) in [4.78, 5) is 51.8. The third-order valence-corrected chi connectivity index (χ3v) is 14.7. The first-order valence-electron chi connectivity index (χ1n) is 11.5. The van der Waals surface area contributed by atoms with Gasteiger partial charge in [0.15, 0.2) is 0 Å². The van der Waals surface area contributed by atoms with E-state index in [0.29, 0.717) is 27.5 Å². The Morgan fingerprint density at radius 1 is 0.857 bits per heavy atom. The molecule has 11 heteroatoms. The molecule has 2 amide bonds. The first-order valence-corrected chi connectivity index (χ1v) is 16.0. The molecule has 0 aliphatic rings. The van der Waals surface area contributed by atoms with Crippen LogP contribution in [0.5, 0.6) is 0 Å². The third-order valence-electron chi connectivity index (χ3n) is 6.59. The van der Waals surface area contributed by atoms with E-state index >= 15 is 0 Å². The van der Waals surface area contributed by atoms with Gasteiger partial charge in [-0.25, -0.2) is 0 Å². The number of rotatable bonds is 11. The summed E-state index contributed by atoms with van der Waals surface area (Å²) in [5.41, 5.74) is 2.19. The van der Waals surface area contributed by atoms with Crippen LogP contribution in [-0.2, 0) is 19.1 Å². The van der Waals surface area contributed by atoms with Gasteiger partial charge in [-0.3, -0.25) is 0 Å². The Morgan fingerprint density at radius 3 is 1.71 bits per heavy atom. The van der Waals surface area contributed by atoms with Crippen LogP contribution < -0.4 is 10.6 Å². The van der Waals surface area contributed by atoms with E-state index in [9.17, 15) is 19.2 Å². The van der Waals surface area contributed by atoms with Crippen LogP contribution in [0.1, 0.15) is 57.7 Å². The summed E-state index contributed by atoms with van der Waals surface area (Å²) in [5.74, 6) is -1.37. The molecular formula is C24H35N2O6PS2. The van der Waals surface area contributed by atoms with Gasteiger partial charge in [-0.15, -0.1) is 0 Å². The molecule has 0 radical (unpaired) electrons. The van der Waals surface area contributed by atoms with Gasteiger partial charge in [-0.1, -0.05) is 0 Å². The fraction of sp³-hybridized carbons (Fsp3) is 0.500. The molecule has 0 spiro atoms. The van der Waals surface area contributed by atoms with Crippen molar-refractivity contribution in [3.05, 3.63) is 31.6 Å². The van der Waals surface area contributed by atoms with E-state index < -0.39 is 19.2 Å². The number of anilines is 2. The summed E-state index contributed by atoms with van der Waals surface area (Å²) in [6, 6.07) is 0. The average Bonchev–Trinajstić information content (AvgIpc) is 3.39. The van der Waals surface area contributed by atoms with Crippen LogP contribution in [-0.4, -0.2) is 62.1 Å². The van der Waals surface area contributed by atoms with Crippen LogP contribution >= 0.6 is 29.9 Å². The fourth-order valence-electron chi connectivity index (χ4n) is 4.41. The molecule has 1 unspecified atom stereocenters. The van der Waals surface area contributed by atoms with Crippen LogP contribution in [0.2, 0.25) is 0 Å². The van der Waals surface area contributed by atoms with Crippen molar-refractivity contribution in [2.75, 3.05) is 43.3 Å². The SMILES string of the molecule is CCC(C(=O)Nc1c(C)csc1C(=O)OC)[PH](CC)(CC)CC(=O)Nc1c(C)csc1C(=O)OC. The van der Waals surface area contributed by atoms with E-state index in [1.807, 2.05) is 40.0 Å². The maximum absolute atomic E-state index is 13.5. The number of nitrogens with one attached hydrogen (secondary N) is 2. The van der Waals surface area contributed by atoms with Gasteiger partial charge in [-0.2, -0.15) is 0 Å². The number of thiophene rings is 2. The summed E-state index contributed by atoms with van der Waals surface area (Å²) in [6.45, 7) is 9.68. The zero-order valence-corrected chi connectivity index (χ0v) is 24.0. The van der Waals surface area contributed by atoms with Crippen LogP contribution in [0.4, 0.5) is 11.4 Å². The van der Waals surface area contributed by atoms with Gasteiger partial charge in [0.25, 0.3) is 0 Å². The van der Waals surface area contributed by atoms with Crippen molar-refractivity contribution in [1.29, 1.82) is 0 Å². The van der Waals surface area contributed by atoms with Crippen LogP contribution in [0.15, 0.2) is 10.8 Å². The molecule has 0 saturated heterocycles. The van der Waals surface area contributed by atoms with Crippen LogP contribution in [0.25, 0.3) is 0 Å². The monoisotopic (exact) mass is 542 g/mol. The summed E-state index contributed by atoms with van der Waals surface area (Å²) < 4.78 is 9.70. The molecule has 0 aliphatic carbocycles. The fourth-order valence-corrected chi connectivity index (χ4v) is 10.7.